The molecule has 0 spiro atoms. The fraction of sp³-hybridized carbons (Fsp3) is 0.267. The van der Waals surface area contributed by atoms with Gasteiger partial charge >= 0.3 is 0 Å². The van der Waals surface area contributed by atoms with Gasteiger partial charge in [-0.15, -0.1) is 0 Å². The summed E-state index contributed by atoms with van der Waals surface area (Å²) in [5.74, 6) is 0.853. The van der Waals surface area contributed by atoms with Crippen molar-refractivity contribution in [2.75, 3.05) is 7.11 Å². The number of benzene rings is 1. The fourth-order valence-electron chi connectivity index (χ4n) is 2.10. The van der Waals surface area contributed by atoms with Crippen molar-refractivity contribution in [1.29, 1.82) is 0 Å². The van der Waals surface area contributed by atoms with Crippen LogP contribution < -0.4 is 10.5 Å². The van der Waals surface area contributed by atoms with Crippen molar-refractivity contribution in [3.8, 4) is 5.75 Å². The van der Waals surface area contributed by atoms with Crippen LogP contribution in [0.4, 0.5) is 0 Å². The van der Waals surface area contributed by atoms with Crippen LogP contribution in [0.25, 0.3) is 0 Å². The Bertz CT molecular complexity index is 572. The Morgan fingerprint density at radius 2 is 2.16 bits per heavy atom. The first-order valence-corrected chi connectivity index (χ1v) is 6.48. The first-order valence-electron chi connectivity index (χ1n) is 6.10. The lowest BCUT2D eigenvalue weighted by molar-refractivity contribution is 0.408. The average molecular weight is 277 g/mol. The van der Waals surface area contributed by atoms with Gasteiger partial charge in [-0.1, -0.05) is 29.3 Å². The number of methoxy groups -OCH3 is 1. The molecule has 0 amide bonds. The van der Waals surface area contributed by atoms with Gasteiger partial charge in [0.1, 0.15) is 5.75 Å². The van der Waals surface area contributed by atoms with Gasteiger partial charge < -0.3 is 10.5 Å². The van der Waals surface area contributed by atoms with Crippen molar-refractivity contribution in [3.63, 3.8) is 0 Å². The molecule has 19 heavy (non-hydrogen) atoms. The van der Waals surface area contributed by atoms with Crippen molar-refractivity contribution in [1.82, 2.24) is 4.98 Å². The molecule has 4 heteroatoms. The summed E-state index contributed by atoms with van der Waals surface area (Å²) >= 11 is 6.12. The van der Waals surface area contributed by atoms with Gasteiger partial charge in [0, 0.05) is 18.4 Å². The van der Waals surface area contributed by atoms with Crippen LogP contribution in [0.1, 0.15) is 22.7 Å². The van der Waals surface area contributed by atoms with Gasteiger partial charge in [-0.2, -0.15) is 0 Å². The molecule has 0 fully saturated rings. The summed E-state index contributed by atoms with van der Waals surface area (Å²) in [6, 6.07) is 7.76. The van der Waals surface area contributed by atoms with Crippen molar-refractivity contribution in [2.24, 2.45) is 5.73 Å². The van der Waals surface area contributed by atoms with E-state index in [9.17, 15) is 0 Å². The number of rotatable bonds is 4. The molecule has 3 nitrogen and oxygen atoms in total. The van der Waals surface area contributed by atoms with Gasteiger partial charge in [-0.05, 0) is 36.6 Å². The summed E-state index contributed by atoms with van der Waals surface area (Å²) in [4.78, 5) is 3.97. The molecule has 0 saturated carbocycles. The SMILES string of the molecule is COc1ccc(C)cc1CC(N)c1ccncc1Cl. The highest BCUT2D eigenvalue weighted by Crippen LogP contribution is 2.27. The molecule has 0 aliphatic rings. The van der Waals surface area contributed by atoms with E-state index in [0.717, 1.165) is 16.9 Å². The zero-order chi connectivity index (χ0) is 13.8. The first kappa shape index (κ1) is 13.8. The van der Waals surface area contributed by atoms with Crippen molar-refractivity contribution < 1.29 is 4.74 Å². The number of hydrogen-bond acceptors (Lipinski definition) is 3. The second-order valence-corrected chi connectivity index (χ2v) is 4.93. The molecule has 0 radical (unpaired) electrons. The predicted octanol–water partition coefficient (Wildman–Crippen LogP) is 3.29. The standard InChI is InChI=1S/C15H17ClN2O/c1-10-3-4-15(19-2)11(7-10)8-14(17)12-5-6-18-9-13(12)16/h3-7,9,14H,8,17H2,1-2H3. The van der Waals surface area contributed by atoms with Gasteiger partial charge in [-0.3, -0.25) is 4.98 Å². The summed E-state index contributed by atoms with van der Waals surface area (Å²) in [6.45, 7) is 2.05. The first-order chi connectivity index (χ1) is 9.11. The van der Waals surface area contributed by atoms with E-state index >= 15 is 0 Å². The third-order valence-corrected chi connectivity index (χ3v) is 3.39. The van der Waals surface area contributed by atoms with Crippen LogP contribution >= 0.6 is 11.6 Å². The second kappa shape index (κ2) is 6.04. The monoisotopic (exact) mass is 276 g/mol. The smallest absolute Gasteiger partial charge is 0.122 e. The van der Waals surface area contributed by atoms with Gasteiger partial charge in [0.15, 0.2) is 0 Å². The Hall–Kier alpha value is -1.58. The Morgan fingerprint density at radius 3 is 2.84 bits per heavy atom. The molecular formula is C15H17ClN2O. The van der Waals surface area contributed by atoms with Crippen LogP contribution in [-0.4, -0.2) is 12.1 Å². The number of aryl methyl sites for hydroxylation is 1. The lowest BCUT2D eigenvalue weighted by Gasteiger charge is -2.16. The van der Waals surface area contributed by atoms with Gasteiger partial charge in [0.25, 0.3) is 0 Å². The number of nitrogens with two attached hydrogens (primary N) is 1. The summed E-state index contributed by atoms with van der Waals surface area (Å²) in [5.41, 5.74) is 9.41. The van der Waals surface area contributed by atoms with Gasteiger partial charge in [0.05, 0.1) is 12.1 Å². The van der Waals surface area contributed by atoms with Crippen LogP contribution in [-0.2, 0) is 6.42 Å². The molecule has 0 aliphatic heterocycles. The van der Waals surface area contributed by atoms with Gasteiger partial charge in [0.2, 0.25) is 0 Å². The van der Waals surface area contributed by atoms with E-state index in [1.165, 1.54) is 5.56 Å². The van der Waals surface area contributed by atoms with E-state index in [1.807, 2.05) is 25.1 Å². The van der Waals surface area contributed by atoms with Crippen LogP contribution in [0.5, 0.6) is 5.75 Å². The molecular weight excluding hydrogens is 260 g/mol. The minimum absolute atomic E-state index is 0.175. The molecule has 2 aromatic rings. The lowest BCUT2D eigenvalue weighted by Crippen LogP contribution is -2.14. The average Bonchev–Trinajstić information content (AvgIpc) is 2.39. The minimum Gasteiger partial charge on any atom is -0.496 e. The fourth-order valence-corrected chi connectivity index (χ4v) is 2.36. The molecule has 0 bridgehead atoms. The van der Waals surface area contributed by atoms with E-state index in [1.54, 1.807) is 19.5 Å². The van der Waals surface area contributed by atoms with Crippen LogP contribution in [0.15, 0.2) is 36.7 Å². The molecule has 1 heterocycles. The molecule has 2 rings (SSSR count). The van der Waals surface area contributed by atoms with Crippen molar-refractivity contribution in [2.45, 2.75) is 19.4 Å². The number of pyridine rings is 1. The van der Waals surface area contributed by atoms with Crippen LogP contribution in [0, 0.1) is 6.92 Å². The largest absolute Gasteiger partial charge is 0.496 e. The van der Waals surface area contributed by atoms with E-state index in [0.29, 0.717) is 11.4 Å². The molecule has 1 unspecified atom stereocenters. The van der Waals surface area contributed by atoms with Crippen molar-refractivity contribution in [3.05, 3.63) is 58.4 Å². The Balaban J connectivity index is 2.26. The highest BCUT2D eigenvalue weighted by molar-refractivity contribution is 6.31. The number of aromatic nitrogens is 1. The molecule has 2 N–H and O–H groups in total. The van der Waals surface area contributed by atoms with Crippen LogP contribution in [0.3, 0.4) is 0 Å². The quantitative estimate of drug-likeness (QED) is 0.932. The number of nitrogens with zero attached hydrogens (tertiary/aromatic N) is 1. The highest BCUT2D eigenvalue weighted by atomic mass is 35.5. The van der Waals surface area contributed by atoms with E-state index in [2.05, 4.69) is 11.1 Å². The number of ether oxygens (including phenoxy) is 1. The molecule has 1 aromatic heterocycles. The van der Waals surface area contributed by atoms with Gasteiger partial charge in [-0.25, -0.2) is 0 Å². The third kappa shape index (κ3) is 3.25. The normalized spacial score (nSPS) is 12.2. The molecule has 0 aliphatic carbocycles. The van der Waals surface area contributed by atoms with Crippen molar-refractivity contribution >= 4 is 11.6 Å². The number of halogens is 1. The number of hydrogen-bond donors (Lipinski definition) is 1. The zero-order valence-corrected chi connectivity index (χ0v) is 11.8. The summed E-state index contributed by atoms with van der Waals surface area (Å²) < 4.78 is 5.37. The Kier molecular flexibility index (Phi) is 4.40. The maximum Gasteiger partial charge on any atom is 0.122 e. The Labute approximate surface area is 118 Å². The summed E-state index contributed by atoms with van der Waals surface area (Å²) in [7, 11) is 1.67. The maximum absolute atomic E-state index is 6.23. The second-order valence-electron chi connectivity index (χ2n) is 4.52. The molecule has 1 atom stereocenters. The minimum atomic E-state index is -0.175. The van der Waals surface area contributed by atoms with E-state index < -0.39 is 0 Å². The Morgan fingerprint density at radius 1 is 1.37 bits per heavy atom. The topological polar surface area (TPSA) is 48.1 Å². The van der Waals surface area contributed by atoms with E-state index in [-0.39, 0.29) is 6.04 Å². The predicted molar refractivity (Wildman–Crippen MR) is 77.6 cm³/mol. The highest BCUT2D eigenvalue weighted by Gasteiger charge is 2.13. The zero-order valence-electron chi connectivity index (χ0n) is 11.1. The third-order valence-electron chi connectivity index (χ3n) is 3.08. The summed E-state index contributed by atoms with van der Waals surface area (Å²) in [5, 5.41) is 0.599. The molecule has 1 aromatic carbocycles. The van der Waals surface area contributed by atoms with Crippen LogP contribution in [0.2, 0.25) is 5.02 Å². The molecule has 100 valence electrons. The maximum atomic E-state index is 6.23. The molecule has 0 saturated heterocycles. The van der Waals surface area contributed by atoms with E-state index in [4.69, 9.17) is 22.1 Å². The summed E-state index contributed by atoms with van der Waals surface area (Å²) in [6.07, 6.45) is 3.99. The lowest BCUT2D eigenvalue weighted by atomic mass is 9.98.